The van der Waals surface area contributed by atoms with Gasteiger partial charge in [-0.25, -0.2) is 0 Å². The molecule has 0 amide bonds. The van der Waals surface area contributed by atoms with Crippen molar-refractivity contribution in [3.63, 3.8) is 0 Å². The molecule has 2 heteroatoms. The second-order valence-corrected chi connectivity index (χ2v) is 5.98. The van der Waals surface area contributed by atoms with Crippen LogP contribution in [0.5, 0.6) is 0 Å². The molecule has 0 aliphatic heterocycles. The van der Waals surface area contributed by atoms with E-state index in [9.17, 15) is 5.11 Å². The van der Waals surface area contributed by atoms with Crippen molar-refractivity contribution >= 4 is 15.9 Å². The normalized spacial score (nSPS) is 15.1. The molecule has 0 bridgehead atoms. The average molecular weight is 285 g/mol. The lowest BCUT2D eigenvalue weighted by Gasteiger charge is -2.24. The maximum absolute atomic E-state index is 10.4. The van der Waals surface area contributed by atoms with Crippen LogP contribution < -0.4 is 0 Å². The summed E-state index contributed by atoms with van der Waals surface area (Å²) in [6.07, 6.45) is 3.07. The smallest absolute Gasteiger partial charge is 0.0868 e. The average Bonchev–Trinajstić information content (AvgIpc) is 2.17. The molecule has 0 heterocycles. The van der Waals surface area contributed by atoms with Crippen molar-refractivity contribution < 1.29 is 5.11 Å². The Morgan fingerprint density at radius 3 is 2.31 bits per heavy atom. The minimum atomic E-state index is -0.699. The molecule has 1 atom stereocenters. The Morgan fingerprint density at radius 1 is 1.25 bits per heavy atom. The number of aliphatic hydroxyl groups is 1. The summed E-state index contributed by atoms with van der Waals surface area (Å²) in [6.45, 7) is 6.33. The van der Waals surface area contributed by atoms with Crippen LogP contribution in [0.4, 0.5) is 0 Å². The highest BCUT2D eigenvalue weighted by atomic mass is 79.9. The van der Waals surface area contributed by atoms with Crippen molar-refractivity contribution in [1.29, 1.82) is 0 Å². The summed E-state index contributed by atoms with van der Waals surface area (Å²) in [5.41, 5.74) is 0.301. The van der Waals surface area contributed by atoms with Gasteiger partial charge in [-0.15, -0.1) is 0 Å². The lowest BCUT2D eigenvalue weighted by molar-refractivity contribution is 0.0441. The highest BCUT2D eigenvalue weighted by Crippen LogP contribution is 2.28. The summed E-state index contributed by atoms with van der Waals surface area (Å²) in [5.74, 6) is 0.709. The van der Waals surface area contributed by atoms with E-state index in [1.54, 1.807) is 0 Å². The van der Waals surface area contributed by atoms with E-state index in [0.29, 0.717) is 5.92 Å². The molecule has 90 valence electrons. The second kappa shape index (κ2) is 5.83. The van der Waals surface area contributed by atoms with E-state index in [1.165, 1.54) is 6.42 Å². The molecule has 1 aromatic rings. The predicted molar refractivity (Wildman–Crippen MR) is 72.4 cm³/mol. The van der Waals surface area contributed by atoms with Crippen molar-refractivity contribution in [3.8, 4) is 0 Å². The van der Waals surface area contributed by atoms with E-state index < -0.39 is 5.60 Å². The molecule has 0 spiro atoms. The van der Waals surface area contributed by atoms with Gasteiger partial charge in [-0.1, -0.05) is 48.3 Å². The summed E-state index contributed by atoms with van der Waals surface area (Å²) in [6, 6.07) is 7.93. The topological polar surface area (TPSA) is 20.2 Å². The third-order valence-electron chi connectivity index (χ3n) is 2.91. The molecule has 1 rings (SSSR count). The molecule has 1 aromatic carbocycles. The first-order valence-electron chi connectivity index (χ1n) is 5.90. The van der Waals surface area contributed by atoms with Gasteiger partial charge < -0.3 is 5.11 Å². The van der Waals surface area contributed by atoms with E-state index in [1.807, 2.05) is 31.2 Å². The number of halogens is 1. The van der Waals surface area contributed by atoms with Crippen molar-refractivity contribution in [3.05, 3.63) is 34.3 Å². The van der Waals surface area contributed by atoms with Gasteiger partial charge in [0.25, 0.3) is 0 Å². The second-order valence-electron chi connectivity index (χ2n) is 5.07. The molecule has 0 aromatic heterocycles. The van der Waals surface area contributed by atoms with Gasteiger partial charge >= 0.3 is 0 Å². The third kappa shape index (κ3) is 4.26. The molecule has 1 unspecified atom stereocenters. The van der Waals surface area contributed by atoms with Crippen molar-refractivity contribution in [2.24, 2.45) is 5.92 Å². The monoisotopic (exact) mass is 284 g/mol. The summed E-state index contributed by atoms with van der Waals surface area (Å²) in [7, 11) is 0. The molecule has 1 N–H and O–H groups in total. The van der Waals surface area contributed by atoms with Crippen LogP contribution in [0.25, 0.3) is 0 Å². The van der Waals surface area contributed by atoms with Crippen LogP contribution in [0.3, 0.4) is 0 Å². The van der Waals surface area contributed by atoms with Crippen LogP contribution in [-0.4, -0.2) is 5.11 Å². The van der Waals surface area contributed by atoms with E-state index in [-0.39, 0.29) is 0 Å². The van der Waals surface area contributed by atoms with Crippen LogP contribution in [0.15, 0.2) is 28.7 Å². The largest absolute Gasteiger partial charge is 0.385 e. The molecule has 0 fully saturated rings. The first kappa shape index (κ1) is 13.7. The highest BCUT2D eigenvalue weighted by molar-refractivity contribution is 9.10. The summed E-state index contributed by atoms with van der Waals surface area (Å²) in [4.78, 5) is 0. The molecule has 1 nitrogen and oxygen atoms in total. The molecular formula is C14H21BrO. The van der Waals surface area contributed by atoms with Gasteiger partial charge in [-0.2, -0.15) is 0 Å². The number of hydrogen-bond donors (Lipinski definition) is 1. The Balaban J connectivity index is 2.59. The highest BCUT2D eigenvalue weighted by Gasteiger charge is 2.22. The van der Waals surface area contributed by atoms with Gasteiger partial charge in [-0.05, 0) is 43.4 Å². The summed E-state index contributed by atoms with van der Waals surface area (Å²) in [5, 5.41) is 10.4. The van der Waals surface area contributed by atoms with Gasteiger partial charge in [-0.3, -0.25) is 0 Å². The Labute approximate surface area is 107 Å². The van der Waals surface area contributed by atoms with E-state index >= 15 is 0 Å². The van der Waals surface area contributed by atoms with Crippen molar-refractivity contribution in [2.75, 3.05) is 0 Å². The molecular weight excluding hydrogens is 264 g/mol. The maximum Gasteiger partial charge on any atom is 0.0868 e. The molecule has 0 aliphatic carbocycles. The standard InChI is InChI=1S/C14H21BrO/c1-11(2)5-4-10-14(3,16)12-6-8-13(15)9-7-12/h6-9,11,16H,4-5,10H2,1-3H3. The van der Waals surface area contributed by atoms with Crippen LogP contribution in [0, 0.1) is 5.92 Å². The van der Waals surface area contributed by atoms with Gasteiger partial charge in [0.05, 0.1) is 5.60 Å². The summed E-state index contributed by atoms with van der Waals surface area (Å²) >= 11 is 3.40. The Morgan fingerprint density at radius 2 is 1.81 bits per heavy atom. The zero-order chi connectivity index (χ0) is 12.2. The number of benzene rings is 1. The van der Waals surface area contributed by atoms with Crippen molar-refractivity contribution in [2.45, 2.75) is 45.6 Å². The zero-order valence-electron chi connectivity index (χ0n) is 10.3. The molecule has 0 saturated carbocycles. The first-order valence-corrected chi connectivity index (χ1v) is 6.69. The van der Waals surface area contributed by atoms with Gasteiger partial charge in [0.15, 0.2) is 0 Å². The first-order chi connectivity index (χ1) is 7.42. The quantitative estimate of drug-likeness (QED) is 0.845. The fourth-order valence-corrected chi connectivity index (χ4v) is 2.07. The van der Waals surface area contributed by atoms with Crippen LogP contribution in [-0.2, 0) is 5.60 Å². The number of hydrogen-bond acceptors (Lipinski definition) is 1. The fraction of sp³-hybridized carbons (Fsp3) is 0.571. The van der Waals surface area contributed by atoms with Gasteiger partial charge in [0, 0.05) is 4.47 Å². The van der Waals surface area contributed by atoms with Crippen LogP contribution >= 0.6 is 15.9 Å². The maximum atomic E-state index is 10.4. The Kier molecular flexibility index (Phi) is 5.00. The van der Waals surface area contributed by atoms with Gasteiger partial charge in [0.1, 0.15) is 0 Å². The lowest BCUT2D eigenvalue weighted by Crippen LogP contribution is -2.21. The zero-order valence-corrected chi connectivity index (χ0v) is 11.9. The minimum Gasteiger partial charge on any atom is -0.385 e. The summed E-state index contributed by atoms with van der Waals surface area (Å²) < 4.78 is 1.05. The predicted octanol–water partition coefficient (Wildman–Crippen LogP) is 4.48. The SMILES string of the molecule is CC(C)CCCC(C)(O)c1ccc(Br)cc1. The van der Waals surface area contributed by atoms with E-state index in [4.69, 9.17) is 0 Å². The number of rotatable bonds is 5. The van der Waals surface area contributed by atoms with Crippen molar-refractivity contribution in [1.82, 2.24) is 0 Å². The fourth-order valence-electron chi connectivity index (χ4n) is 1.81. The Bertz CT molecular complexity index is 314. The lowest BCUT2D eigenvalue weighted by atomic mass is 9.89. The van der Waals surface area contributed by atoms with E-state index in [0.717, 1.165) is 22.9 Å². The third-order valence-corrected chi connectivity index (χ3v) is 3.44. The molecule has 16 heavy (non-hydrogen) atoms. The molecule has 0 saturated heterocycles. The minimum absolute atomic E-state index is 0.699. The Hall–Kier alpha value is -0.340. The van der Waals surface area contributed by atoms with Crippen LogP contribution in [0.2, 0.25) is 0 Å². The van der Waals surface area contributed by atoms with E-state index in [2.05, 4.69) is 29.8 Å². The van der Waals surface area contributed by atoms with Crippen LogP contribution in [0.1, 0.15) is 45.6 Å². The molecule has 0 radical (unpaired) electrons. The molecule has 0 aliphatic rings. The van der Waals surface area contributed by atoms with Gasteiger partial charge in [0.2, 0.25) is 0 Å².